The van der Waals surface area contributed by atoms with Crippen molar-refractivity contribution < 1.29 is 4.92 Å². The second-order valence-electron chi connectivity index (χ2n) is 5.74. The quantitative estimate of drug-likeness (QED) is 0.317. The van der Waals surface area contributed by atoms with Crippen molar-refractivity contribution in [2.45, 2.75) is 6.92 Å². The van der Waals surface area contributed by atoms with Crippen LogP contribution in [0, 0.1) is 17.0 Å². The van der Waals surface area contributed by atoms with E-state index in [1.165, 1.54) is 6.07 Å². The SMILES string of the molecule is Cc1cc(Br)c(Nc2nc3cccc([N+](=O)[O-])c3n3cncc23)c(Br)c1. The molecule has 2 heterocycles. The second-order valence-corrected chi connectivity index (χ2v) is 7.45. The van der Waals surface area contributed by atoms with Crippen LogP contribution in [0.4, 0.5) is 17.2 Å². The van der Waals surface area contributed by atoms with Crippen molar-refractivity contribution >= 4 is 65.6 Å². The van der Waals surface area contributed by atoms with Crippen LogP contribution >= 0.6 is 31.9 Å². The molecule has 130 valence electrons. The summed E-state index contributed by atoms with van der Waals surface area (Å²) < 4.78 is 3.43. The Kier molecular flexibility index (Phi) is 4.12. The third kappa shape index (κ3) is 2.73. The number of halogens is 2. The first-order chi connectivity index (χ1) is 12.5. The molecule has 26 heavy (non-hydrogen) atoms. The van der Waals surface area contributed by atoms with Gasteiger partial charge in [0.1, 0.15) is 11.8 Å². The summed E-state index contributed by atoms with van der Waals surface area (Å²) in [6, 6.07) is 8.81. The minimum Gasteiger partial charge on any atom is -0.337 e. The Balaban J connectivity index is 1.97. The van der Waals surface area contributed by atoms with Crippen LogP contribution in [-0.4, -0.2) is 19.3 Å². The van der Waals surface area contributed by atoms with Gasteiger partial charge in [0, 0.05) is 15.0 Å². The highest BCUT2D eigenvalue weighted by atomic mass is 79.9. The maximum atomic E-state index is 11.4. The molecule has 0 spiro atoms. The molecular formula is C17H11Br2N5O2. The smallest absolute Gasteiger partial charge is 0.295 e. The van der Waals surface area contributed by atoms with Crippen molar-refractivity contribution in [3.63, 3.8) is 0 Å². The third-order valence-corrected chi connectivity index (χ3v) is 5.23. The van der Waals surface area contributed by atoms with Gasteiger partial charge in [-0.15, -0.1) is 0 Å². The number of hydrogen-bond donors (Lipinski definition) is 1. The molecule has 2 aromatic heterocycles. The summed E-state index contributed by atoms with van der Waals surface area (Å²) >= 11 is 7.12. The normalized spacial score (nSPS) is 11.2. The van der Waals surface area contributed by atoms with E-state index in [0.29, 0.717) is 22.4 Å². The van der Waals surface area contributed by atoms with Crippen LogP contribution in [0.2, 0.25) is 0 Å². The van der Waals surface area contributed by atoms with Crippen molar-refractivity contribution in [2.75, 3.05) is 5.32 Å². The molecule has 0 aliphatic heterocycles. The van der Waals surface area contributed by atoms with Crippen molar-refractivity contribution in [3.05, 3.63) is 67.5 Å². The van der Waals surface area contributed by atoms with Crippen LogP contribution in [0.5, 0.6) is 0 Å². The molecule has 0 amide bonds. The van der Waals surface area contributed by atoms with Gasteiger partial charge in [0.15, 0.2) is 11.3 Å². The molecule has 0 saturated carbocycles. The van der Waals surface area contributed by atoms with E-state index in [9.17, 15) is 10.1 Å². The number of non-ortho nitro benzene ring substituents is 1. The average molecular weight is 477 g/mol. The summed E-state index contributed by atoms with van der Waals surface area (Å²) in [5, 5.41) is 14.7. The number of nitro benzene ring substituents is 1. The molecule has 0 atom stereocenters. The number of aromatic nitrogens is 3. The fourth-order valence-corrected chi connectivity index (χ4v) is 4.47. The van der Waals surface area contributed by atoms with Gasteiger partial charge >= 0.3 is 0 Å². The molecule has 0 aliphatic rings. The molecule has 0 fully saturated rings. The summed E-state index contributed by atoms with van der Waals surface area (Å²) in [4.78, 5) is 19.7. The number of para-hydroxylation sites is 1. The lowest BCUT2D eigenvalue weighted by atomic mass is 10.2. The maximum Gasteiger partial charge on any atom is 0.295 e. The van der Waals surface area contributed by atoms with E-state index >= 15 is 0 Å². The van der Waals surface area contributed by atoms with Crippen molar-refractivity contribution in [1.82, 2.24) is 14.4 Å². The number of nitrogens with one attached hydrogen (secondary N) is 1. The molecule has 7 nitrogen and oxygen atoms in total. The molecule has 1 N–H and O–H groups in total. The van der Waals surface area contributed by atoms with Crippen LogP contribution in [0.1, 0.15) is 5.56 Å². The Labute approximate surface area is 164 Å². The standard InChI is InChI=1S/C17H11Br2N5O2/c1-9-5-10(18)15(11(19)6-9)22-17-14-7-20-8-23(14)16-12(21-17)3-2-4-13(16)24(25)26/h2-8H,1H3,(H,21,22). The number of rotatable bonds is 3. The van der Waals surface area contributed by atoms with Crippen LogP contribution in [0.3, 0.4) is 0 Å². The second kappa shape index (κ2) is 6.33. The van der Waals surface area contributed by atoms with Gasteiger partial charge in [0.25, 0.3) is 5.69 Å². The van der Waals surface area contributed by atoms with Crippen molar-refractivity contribution in [2.24, 2.45) is 0 Å². The molecule has 0 unspecified atom stereocenters. The van der Waals surface area contributed by atoms with Gasteiger partial charge in [0.05, 0.1) is 22.3 Å². The number of aryl methyl sites for hydroxylation is 1. The first kappa shape index (κ1) is 16.9. The van der Waals surface area contributed by atoms with E-state index in [1.807, 2.05) is 19.1 Å². The Morgan fingerprint density at radius 2 is 1.96 bits per heavy atom. The van der Waals surface area contributed by atoms with Gasteiger partial charge in [-0.3, -0.25) is 14.5 Å². The monoisotopic (exact) mass is 475 g/mol. The molecule has 0 bridgehead atoms. The minimum absolute atomic E-state index is 0.0118. The van der Waals surface area contributed by atoms with E-state index in [-0.39, 0.29) is 5.69 Å². The molecule has 0 saturated heterocycles. The van der Waals surface area contributed by atoms with E-state index in [4.69, 9.17) is 0 Å². The van der Waals surface area contributed by atoms with Gasteiger partial charge in [-0.1, -0.05) is 6.07 Å². The fourth-order valence-electron chi connectivity index (χ4n) is 2.86. The van der Waals surface area contributed by atoms with Gasteiger partial charge in [-0.25, -0.2) is 9.97 Å². The average Bonchev–Trinajstić information content (AvgIpc) is 3.07. The van der Waals surface area contributed by atoms with Crippen LogP contribution < -0.4 is 5.32 Å². The first-order valence-electron chi connectivity index (χ1n) is 7.57. The number of benzene rings is 2. The lowest BCUT2D eigenvalue weighted by Crippen LogP contribution is -2.02. The first-order valence-corrected chi connectivity index (χ1v) is 9.16. The Hall–Kier alpha value is -2.52. The number of nitrogens with zero attached hydrogens (tertiary/aromatic N) is 4. The zero-order valence-electron chi connectivity index (χ0n) is 13.4. The Morgan fingerprint density at radius 3 is 2.65 bits per heavy atom. The molecular weight excluding hydrogens is 466 g/mol. The van der Waals surface area contributed by atoms with Crippen LogP contribution in [0.25, 0.3) is 16.6 Å². The summed E-state index contributed by atoms with van der Waals surface area (Å²) in [5.74, 6) is 0.556. The predicted molar refractivity (Wildman–Crippen MR) is 107 cm³/mol. The predicted octanol–water partition coefficient (Wildman–Crippen LogP) is 5.37. The van der Waals surface area contributed by atoms with Crippen LogP contribution in [-0.2, 0) is 0 Å². The number of hydrogen-bond acceptors (Lipinski definition) is 5. The van der Waals surface area contributed by atoms with Gasteiger partial charge < -0.3 is 5.32 Å². The number of imidazole rings is 1. The van der Waals surface area contributed by atoms with Crippen molar-refractivity contribution in [3.8, 4) is 0 Å². The van der Waals surface area contributed by atoms with E-state index < -0.39 is 4.92 Å². The fraction of sp³-hybridized carbons (Fsp3) is 0.0588. The van der Waals surface area contributed by atoms with Gasteiger partial charge in [0.2, 0.25) is 0 Å². The highest BCUT2D eigenvalue weighted by Crippen LogP contribution is 2.36. The Bertz CT molecular complexity index is 1170. The summed E-state index contributed by atoms with van der Waals surface area (Å²) in [6.45, 7) is 2.00. The lowest BCUT2D eigenvalue weighted by Gasteiger charge is -2.13. The maximum absolute atomic E-state index is 11.4. The summed E-state index contributed by atoms with van der Waals surface area (Å²) in [5.41, 5.74) is 3.47. The highest BCUT2D eigenvalue weighted by molar-refractivity contribution is 9.11. The largest absolute Gasteiger partial charge is 0.337 e. The molecule has 0 radical (unpaired) electrons. The third-order valence-electron chi connectivity index (χ3n) is 3.97. The van der Waals surface area contributed by atoms with Crippen LogP contribution in [0.15, 0.2) is 51.8 Å². The summed E-state index contributed by atoms with van der Waals surface area (Å²) in [7, 11) is 0. The minimum atomic E-state index is -0.413. The Morgan fingerprint density at radius 1 is 1.23 bits per heavy atom. The van der Waals surface area contributed by atoms with E-state index in [1.54, 1.807) is 29.1 Å². The molecule has 4 rings (SSSR count). The topological polar surface area (TPSA) is 85.4 Å². The molecule has 9 heteroatoms. The highest BCUT2D eigenvalue weighted by Gasteiger charge is 2.19. The molecule has 0 aliphatic carbocycles. The van der Waals surface area contributed by atoms with E-state index in [2.05, 4.69) is 47.1 Å². The summed E-state index contributed by atoms with van der Waals surface area (Å²) in [6.07, 6.45) is 3.18. The van der Waals surface area contributed by atoms with Gasteiger partial charge in [-0.05, 0) is 62.5 Å². The number of nitro groups is 1. The van der Waals surface area contributed by atoms with Crippen molar-refractivity contribution in [1.29, 1.82) is 0 Å². The number of fused-ring (bicyclic) bond motifs is 3. The molecule has 4 aromatic rings. The zero-order chi connectivity index (χ0) is 18.4. The molecule has 2 aromatic carbocycles. The lowest BCUT2D eigenvalue weighted by molar-refractivity contribution is -0.383. The zero-order valence-corrected chi connectivity index (χ0v) is 16.6. The van der Waals surface area contributed by atoms with E-state index in [0.717, 1.165) is 20.2 Å². The van der Waals surface area contributed by atoms with Gasteiger partial charge in [-0.2, -0.15) is 0 Å². The number of anilines is 2.